The number of halogens is 1. The summed E-state index contributed by atoms with van der Waals surface area (Å²) in [7, 11) is 0. The number of nitrogens with zero attached hydrogens (tertiary/aromatic N) is 3. The van der Waals surface area contributed by atoms with Crippen molar-refractivity contribution in [2.24, 2.45) is 17.3 Å². The predicted octanol–water partition coefficient (Wildman–Crippen LogP) is 3.23. The Morgan fingerprint density at radius 3 is 2.58 bits per heavy atom. The highest BCUT2D eigenvalue weighted by atomic mass is 35.5. The molecule has 1 aliphatic heterocycles. The van der Waals surface area contributed by atoms with E-state index in [2.05, 4.69) is 29.0 Å². The highest BCUT2D eigenvalue weighted by Crippen LogP contribution is 2.61. The third-order valence-electron chi connectivity index (χ3n) is 7.80. The number of fused-ring (bicyclic) bond motifs is 1. The SMILES string of the molecule is CC1(C)C2CN(CCN(C(=O)CCl)C(C(=O)NC3CCCCC3)c3cccnc3)CC21. The Kier molecular flexibility index (Phi) is 6.87. The van der Waals surface area contributed by atoms with Crippen LogP contribution in [0.4, 0.5) is 0 Å². The van der Waals surface area contributed by atoms with E-state index in [4.69, 9.17) is 11.6 Å². The van der Waals surface area contributed by atoms with Crippen LogP contribution in [-0.4, -0.2) is 64.7 Å². The van der Waals surface area contributed by atoms with Crippen molar-refractivity contribution in [2.75, 3.05) is 32.1 Å². The van der Waals surface area contributed by atoms with E-state index >= 15 is 0 Å². The fraction of sp³-hybridized carbons (Fsp3) is 0.708. The van der Waals surface area contributed by atoms with Crippen LogP contribution in [0.5, 0.6) is 0 Å². The van der Waals surface area contributed by atoms with Crippen LogP contribution in [-0.2, 0) is 9.59 Å². The summed E-state index contributed by atoms with van der Waals surface area (Å²) in [5.41, 5.74) is 1.19. The Labute approximate surface area is 190 Å². The number of pyridine rings is 1. The molecule has 4 rings (SSSR count). The number of hydrogen-bond acceptors (Lipinski definition) is 4. The standard InChI is InChI=1S/C24H35ClN4O2/c1-24(2)19-15-28(16-20(19)24)11-12-29(21(30)13-25)22(17-7-6-10-26-14-17)23(31)27-18-8-4-3-5-9-18/h6-7,10,14,18-20,22H,3-5,8-9,11-13,15-16H2,1-2H3,(H,27,31). The van der Waals surface area contributed by atoms with Crippen LogP contribution in [0.1, 0.15) is 57.6 Å². The maximum atomic E-state index is 13.4. The van der Waals surface area contributed by atoms with Crippen molar-refractivity contribution < 1.29 is 9.59 Å². The van der Waals surface area contributed by atoms with Crippen LogP contribution in [0.15, 0.2) is 24.5 Å². The maximum absolute atomic E-state index is 13.4. The van der Waals surface area contributed by atoms with Gasteiger partial charge in [0.25, 0.3) is 0 Å². The first kappa shape index (κ1) is 22.5. The average Bonchev–Trinajstić information content (AvgIpc) is 3.10. The minimum absolute atomic E-state index is 0.122. The molecule has 1 saturated heterocycles. The second-order valence-corrected chi connectivity index (χ2v) is 10.3. The molecule has 0 aromatic carbocycles. The molecule has 0 bridgehead atoms. The lowest BCUT2D eigenvalue weighted by atomic mass is 9.95. The predicted molar refractivity (Wildman–Crippen MR) is 122 cm³/mol. The number of hydrogen-bond donors (Lipinski definition) is 1. The quantitative estimate of drug-likeness (QED) is 0.622. The number of amides is 2. The van der Waals surface area contributed by atoms with Gasteiger partial charge in [0.2, 0.25) is 11.8 Å². The fourth-order valence-corrected chi connectivity index (χ4v) is 5.81. The Bertz CT molecular complexity index is 767. The number of rotatable bonds is 8. The molecule has 31 heavy (non-hydrogen) atoms. The molecule has 3 atom stereocenters. The van der Waals surface area contributed by atoms with E-state index in [1.54, 1.807) is 17.3 Å². The summed E-state index contributed by atoms with van der Waals surface area (Å²) in [5.74, 6) is 1.05. The van der Waals surface area contributed by atoms with E-state index in [1.807, 2.05) is 12.1 Å². The molecule has 2 aliphatic carbocycles. The van der Waals surface area contributed by atoms with Crippen LogP contribution in [0, 0.1) is 17.3 Å². The van der Waals surface area contributed by atoms with Crippen LogP contribution < -0.4 is 5.32 Å². The number of aromatic nitrogens is 1. The number of piperidine rings is 1. The fourth-order valence-electron chi connectivity index (χ4n) is 5.66. The van der Waals surface area contributed by atoms with Gasteiger partial charge in [-0.15, -0.1) is 11.6 Å². The lowest BCUT2D eigenvalue weighted by Gasteiger charge is -2.34. The molecule has 2 heterocycles. The van der Waals surface area contributed by atoms with Crippen molar-refractivity contribution in [3.63, 3.8) is 0 Å². The summed E-state index contributed by atoms with van der Waals surface area (Å²) in [6.07, 6.45) is 8.88. The molecular formula is C24H35ClN4O2. The third kappa shape index (κ3) is 4.90. The van der Waals surface area contributed by atoms with Crippen molar-refractivity contribution in [3.05, 3.63) is 30.1 Å². The second-order valence-electron chi connectivity index (χ2n) is 10.0. The molecule has 6 nitrogen and oxygen atoms in total. The van der Waals surface area contributed by atoms with Crippen molar-refractivity contribution in [3.8, 4) is 0 Å². The summed E-state index contributed by atoms with van der Waals surface area (Å²) >= 11 is 5.99. The molecule has 0 spiro atoms. The molecule has 3 unspecified atom stereocenters. The van der Waals surface area contributed by atoms with Crippen LogP contribution in [0.3, 0.4) is 0 Å². The van der Waals surface area contributed by atoms with Gasteiger partial charge in [-0.1, -0.05) is 39.2 Å². The molecule has 1 aromatic rings. The van der Waals surface area contributed by atoms with E-state index in [1.165, 1.54) is 6.42 Å². The lowest BCUT2D eigenvalue weighted by molar-refractivity contribution is -0.139. The molecule has 170 valence electrons. The zero-order chi connectivity index (χ0) is 22.0. The normalized spacial score (nSPS) is 26.2. The van der Waals surface area contributed by atoms with E-state index in [0.29, 0.717) is 12.0 Å². The molecule has 2 saturated carbocycles. The summed E-state index contributed by atoms with van der Waals surface area (Å²) in [4.78, 5) is 34.6. The van der Waals surface area contributed by atoms with Gasteiger partial charge in [-0.25, -0.2) is 0 Å². The van der Waals surface area contributed by atoms with Crippen LogP contribution in [0.25, 0.3) is 0 Å². The topological polar surface area (TPSA) is 65.5 Å². The average molecular weight is 447 g/mol. The van der Waals surface area contributed by atoms with Crippen molar-refractivity contribution in [1.82, 2.24) is 20.1 Å². The van der Waals surface area contributed by atoms with Gasteiger partial charge in [-0.05, 0) is 36.2 Å². The first-order valence-corrected chi connectivity index (χ1v) is 12.2. The molecule has 3 fully saturated rings. The molecule has 2 amide bonds. The highest BCUT2D eigenvalue weighted by molar-refractivity contribution is 6.27. The minimum atomic E-state index is -0.699. The first-order chi connectivity index (χ1) is 14.9. The molecule has 7 heteroatoms. The highest BCUT2D eigenvalue weighted by Gasteiger charge is 2.61. The largest absolute Gasteiger partial charge is 0.351 e. The van der Waals surface area contributed by atoms with E-state index in [-0.39, 0.29) is 23.7 Å². The number of alkyl halides is 1. The Balaban J connectivity index is 1.48. The number of carbonyl (C=O) groups is 2. The third-order valence-corrected chi connectivity index (χ3v) is 8.03. The minimum Gasteiger partial charge on any atom is -0.351 e. The second kappa shape index (κ2) is 9.45. The molecule has 0 radical (unpaired) electrons. The van der Waals surface area contributed by atoms with Gasteiger partial charge in [0, 0.05) is 50.2 Å². The van der Waals surface area contributed by atoms with Gasteiger partial charge in [-0.3, -0.25) is 14.6 Å². The Morgan fingerprint density at radius 2 is 1.97 bits per heavy atom. The van der Waals surface area contributed by atoms with Gasteiger partial charge in [0.1, 0.15) is 11.9 Å². The number of nitrogens with one attached hydrogen (secondary N) is 1. The van der Waals surface area contributed by atoms with Crippen molar-refractivity contribution in [2.45, 2.75) is 58.0 Å². The van der Waals surface area contributed by atoms with Crippen molar-refractivity contribution >= 4 is 23.4 Å². The smallest absolute Gasteiger partial charge is 0.247 e. The van der Waals surface area contributed by atoms with Crippen LogP contribution in [0.2, 0.25) is 0 Å². The molecule has 1 aromatic heterocycles. The first-order valence-electron chi connectivity index (χ1n) is 11.7. The maximum Gasteiger partial charge on any atom is 0.247 e. The van der Waals surface area contributed by atoms with E-state index < -0.39 is 6.04 Å². The Hall–Kier alpha value is -1.66. The number of likely N-dealkylation sites (tertiary alicyclic amines) is 1. The van der Waals surface area contributed by atoms with Gasteiger partial charge < -0.3 is 15.1 Å². The van der Waals surface area contributed by atoms with Gasteiger partial charge >= 0.3 is 0 Å². The number of carbonyl (C=O) groups excluding carboxylic acids is 2. The summed E-state index contributed by atoms with van der Waals surface area (Å²) in [6.45, 7) is 8.09. The van der Waals surface area contributed by atoms with E-state index in [9.17, 15) is 9.59 Å². The molecular weight excluding hydrogens is 412 g/mol. The monoisotopic (exact) mass is 446 g/mol. The van der Waals surface area contributed by atoms with Gasteiger partial charge in [0.05, 0.1) is 0 Å². The van der Waals surface area contributed by atoms with Gasteiger partial charge in [-0.2, -0.15) is 0 Å². The molecule has 3 aliphatic rings. The zero-order valence-electron chi connectivity index (χ0n) is 18.7. The summed E-state index contributed by atoms with van der Waals surface area (Å²) < 4.78 is 0. The van der Waals surface area contributed by atoms with Gasteiger partial charge in [0.15, 0.2) is 0 Å². The van der Waals surface area contributed by atoms with E-state index in [0.717, 1.165) is 62.7 Å². The van der Waals surface area contributed by atoms with Crippen LogP contribution >= 0.6 is 11.6 Å². The zero-order valence-corrected chi connectivity index (χ0v) is 19.5. The Morgan fingerprint density at radius 1 is 1.26 bits per heavy atom. The summed E-state index contributed by atoms with van der Waals surface area (Å²) in [5, 5.41) is 3.21. The molecule has 1 N–H and O–H groups in total. The van der Waals surface area contributed by atoms with Crippen molar-refractivity contribution in [1.29, 1.82) is 0 Å². The lowest BCUT2D eigenvalue weighted by Crippen LogP contribution is -2.49. The summed E-state index contributed by atoms with van der Waals surface area (Å²) in [6, 6.07) is 3.17.